The topological polar surface area (TPSA) is 110 Å². The fourth-order valence-corrected chi connectivity index (χ4v) is 7.66. The first kappa shape index (κ1) is 33.2. The Kier molecular flexibility index (Phi) is 8.68. The molecule has 0 bridgehead atoms. The number of hydrogen-bond donors (Lipinski definition) is 1. The van der Waals surface area contributed by atoms with Crippen LogP contribution in [-0.4, -0.2) is 73.3 Å². The van der Waals surface area contributed by atoms with E-state index in [1.165, 1.54) is 27.5 Å². The molecule has 5 heterocycles. The highest BCUT2D eigenvalue weighted by atomic mass is 35.5. The minimum Gasteiger partial charge on any atom is -0.444 e. The molecule has 1 saturated heterocycles. The Hall–Kier alpha value is -4.36. The average molecular weight is 709 g/mol. The van der Waals surface area contributed by atoms with E-state index in [1.54, 1.807) is 49.0 Å². The Balaban J connectivity index is 1.11. The Labute approximate surface area is 291 Å². The number of amides is 3. The van der Waals surface area contributed by atoms with E-state index in [-0.39, 0.29) is 32.0 Å². The predicted octanol–water partition coefficient (Wildman–Crippen LogP) is 6.95. The summed E-state index contributed by atoms with van der Waals surface area (Å²) < 4.78 is 36.8. The molecular formula is C35H35ClF2N6O4S. The predicted molar refractivity (Wildman–Crippen MR) is 181 cm³/mol. The van der Waals surface area contributed by atoms with Crippen molar-refractivity contribution in [1.29, 1.82) is 0 Å². The maximum Gasteiger partial charge on any atom is 0.410 e. The van der Waals surface area contributed by atoms with Gasteiger partial charge in [0.15, 0.2) is 11.2 Å². The molecule has 0 aliphatic carbocycles. The van der Waals surface area contributed by atoms with Gasteiger partial charge in [0.2, 0.25) is 0 Å². The number of ether oxygens (including phenoxy) is 1. The summed E-state index contributed by atoms with van der Waals surface area (Å²) in [5.41, 5.74) is 3.46. The van der Waals surface area contributed by atoms with Crippen molar-refractivity contribution < 1.29 is 27.9 Å². The molecule has 1 unspecified atom stereocenters. The van der Waals surface area contributed by atoms with Gasteiger partial charge in [0.1, 0.15) is 17.9 Å². The summed E-state index contributed by atoms with van der Waals surface area (Å²) in [5, 5.41) is 5.25. The molecule has 2 aromatic heterocycles. The summed E-state index contributed by atoms with van der Waals surface area (Å²) in [6, 6.07) is 9.84. The van der Waals surface area contributed by atoms with Gasteiger partial charge in [0.05, 0.1) is 25.1 Å². The number of thiazole rings is 1. The zero-order chi connectivity index (χ0) is 34.6. The number of carbonyl (C=O) groups is 3. The van der Waals surface area contributed by atoms with Crippen LogP contribution in [0.1, 0.15) is 72.0 Å². The van der Waals surface area contributed by atoms with Gasteiger partial charge in [-0.1, -0.05) is 35.9 Å². The van der Waals surface area contributed by atoms with Crippen LogP contribution in [-0.2, 0) is 29.0 Å². The molecule has 10 nitrogen and oxygen atoms in total. The fourth-order valence-electron chi connectivity index (χ4n) is 6.85. The lowest BCUT2D eigenvalue weighted by Crippen LogP contribution is -2.46. The number of aromatic nitrogens is 3. The van der Waals surface area contributed by atoms with E-state index in [0.29, 0.717) is 51.2 Å². The molecule has 3 aliphatic heterocycles. The first-order valence-corrected chi connectivity index (χ1v) is 17.4. The number of rotatable bonds is 6. The van der Waals surface area contributed by atoms with Gasteiger partial charge in [-0.25, -0.2) is 23.5 Å². The van der Waals surface area contributed by atoms with Crippen molar-refractivity contribution in [2.75, 3.05) is 18.4 Å². The summed E-state index contributed by atoms with van der Waals surface area (Å²) in [6.45, 7) is 5.89. The van der Waals surface area contributed by atoms with Crippen LogP contribution in [0.25, 0.3) is 11.1 Å². The third-order valence-electron chi connectivity index (χ3n) is 9.15. The van der Waals surface area contributed by atoms with E-state index in [1.807, 2.05) is 24.3 Å². The van der Waals surface area contributed by atoms with Crippen molar-refractivity contribution in [1.82, 2.24) is 24.3 Å². The number of hydrogen-bond acceptors (Lipinski definition) is 7. The smallest absolute Gasteiger partial charge is 0.410 e. The Morgan fingerprint density at radius 1 is 1.10 bits per heavy atom. The number of piperidine rings is 1. The second-order valence-corrected chi connectivity index (χ2v) is 14.9. The van der Waals surface area contributed by atoms with Crippen molar-refractivity contribution >= 4 is 46.0 Å². The maximum absolute atomic E-state index is 15.3. The van der Waals surface area contributed by atoms with Crippen molar-refractivity contribution in [3.63, 3.8) is 0 Å². The van der Waals surface area contributed by atoms with Crippen molar-refractivity contribution in [3.8, 4) is 11.1 Å². The van der Waals surface area contributed by atoms with Crippen LogP contribution in [0.5, 0.6) is 0 Å². The van der Waals surface area contributed by atoms with Crippen LogP contribution in [0.4, 0.5) is 18.7 Å². The SMILES string of the molecule is CC(C)(C)OC(=O)N1CC[C@H](c2ccc(-c3cc(Cl)c4c(c3)C(=O)N(C(C(=O)Nc3nccs3)c3ncn5c3C[C@@H](F)C5)C4)cc2)[C@@H](F)C1. The molecule has 14 heteroatoms. The standard InChI is InChI=1S/C35H35ClF2N6O4S/c1-35(2,3)48-34(47)42-10-8-23(27(38)17-42)20-6-4-19(5-7-20)21-12-24-25(26(36)13-21)16-44(32(24)46)30(31(45)41-33-39-9-11-49-33)29-28-14-22(37)15-43(28)18-40-29/h4-7,9,11-13,18,22-23,27,30H,8,10,14-17H2,1-3H3,(H,39,41,45)/t22-,23-,27+,30?/m1/s1. The monoisotopic (exact) mass is 708 g/mol. The number of fused-ring (bicyclic) bond motifs is 2. The third kappa shape index (κ3) is 6.53. The van der Waals surface area contributed by atoms with Gasteiger partial charge in [0.25, 0.3) is 11.8 Å². The molecule has 256 valence electrons. The average Bonchev–Trinajstić information content (AvgIpc) is 3.84. The van der Waals surface area contributed by atoms with Gasteiger partial charge < -0.3 is 19.1 Å². The summed E-state index contributed by atoms with van der Waals surface area (Å²) in [6.07, 6.45) is 0.752. The molecule has 49 heavy (non-hydrogen) atoms. The molecule has 7 rings (SSSR count). The molecule has 1 fully saturated rings. The lowest BCUT2D eigenvalue weighted by molar-refractivity contribution is -0.121. The number of likely N-dealkylation sites (tertiary alicyclic amines) is 1. The van der Waals surface area contributed by atoms with E-state index in [4.69, 9.17) is 16.3 Å². The summed E-state index contributed by atoms with van der Waals surface area (Å²) in [7, 11) is 0. The summed E-state index contributed by atoms with van der Waals surface area (Å²) in [4.78, 5) is 51.8. The highest BCUT2D eigenvalue weighted by Crippen LogP contribution is 2.40. The van der Waals surface area contributed by atoms with E-state index >= 15 is 4.39 Å². The number of carbonyl (C=O) groups excluding carboxylic acids is 3. The minimum atomic E-state index is -1.25. The molecule has 1 N–H and O–H groups in total. The molecule has 0 saturated carbocycles. The quantitative estimate of drug-likeness (QED) is 0.232. The minimum absolute atomic E-state index is 0.0423. The summed E-state index contributed by atoms with van der Waals surface area (Å²) >= 11 is 8.04. The fraction of sp³-hybridized carbons (Fsp3) is 0.400. The Morgan fingerprint density at radius 2 is 1.88 bits per heavy atom. The normalized spacial score (nSPS) is 21.0. The molecule has 0 radical (unpaired) electrons. The van der Waals surface area contributed by atoms with Crippen LogP contribution in [0.15, 0.2) is 54.3 Å². The van der Waals surface area contributed by atoms with Crippen LogP contribution in [0.3, 0.4) is 0 Å². The number of nitrogens with zero attached hydrogens (tertiary/aromatic N) is 5. The van der Waals surface area contributed by atoms with Gasteiger partial charge in [-0.15, -0.1) is 11.3 Å². The number of halogens is 3. The molecule has 3 aliphatic rings. The van der Waals surface area contributed by atoms with Crippen molar-refractivity contribution in [3.05, 3.63) is 87.4 Å². The number of alkyl halides is 2. The lowest BCUT2D eigenvalue weighted by Gasteiger charge is -2.35. The van der Waals surface area contributed by atoms with E-state index in [9.17, 15) is 18.8 Å². The zero-order valence-electron chi connectivity index (χ0n) is 27.2. The highest BCUT2D eigenvalue weighted by molar-refractivity contribution is 7.13. The molecular weight excluding hydrogens is 674 g/mol. The highest BCUT2D eigenvalue weighted by Gasteiger charge is 2.43. The van der Waals surface area contributed by atoms with Crippen LogP contribution in [0, 0.1) is 0 Å². The van der Waals surface area contributed by atoms with Crippen molar-refractivity contribution in [2.24, 2.45) is 0 Å². The van der Waals surface area contributed by atoms with Crippen LogP contribution < -0.4 is 5.32 Å². The lowest BCUT2D eigenvalue weighted by atomic mass is 9.87. The molecule has 0 spiro atoms. The number of nitrogens with one attached hydrogen (secondary N) is 1. The van der Waals surface area contributed by atoms with Gasteiger partial charge >= 0.3 is 6.09 Å². The number of anilines is 1. The van der Waals surface area contributed by atoms with Gasteiger partial charge in [-0.3, -0.25) is 14.9 Å². The van der Waals surface area contributed by atoms with E-state index < -0.39 is 41.9 Å². The van der Waals surface area contributed by atoms with E-state index in [2.05, 4.69) is 15.3 Å². The van der Waals surface area contributed by atoms with Gasteiger partial charge in [-0.05, 0) is 56.0 Å². The number of imidazole rings is 1. The molecule has 4 aromatic rings. The first-order valence-electron chi connectivity index (χ1n) is 16.1. The Bertz CT molecular complexity index is 1910. The second-order valence-electron chi connectivity index (χ2n) is 13.6. The van der Waals surface area contributed by atoms with Crippen molar-refractivity contribution in [2.45, 2.75) is 76.6 Å². The largest absolute Gasteiger partial charge is 0.444 e. The van der Waals surface area contributed by atoms with Gasteiger partial charge in [0, 0.05) is 58.8 Å². The molecule has 3 amide bonds. The third-order valence-corrected chi connectivity index (χ3v) is 10.2. The molecule has 2 aromatic carbocycles. The van der Waals surface area contributed by atoms with Gasteiger partial charge in [-0.2, -0.15) is 0 Å². The second kappa shape index (κ2) is 12.8. The summed E-state index contributed by atoms with van der Waals surface area (Å²) in [5.74, 6) is -1.28. The first-order chi connectivity index (χ1) is 23.4. The number of benzene rings is 2. The zero-order valence-corrected chi connectivity index (χ0v) is 28.7. The van der Waals surface area contributed by atoms with Crippen LogP contribution in [0.2, 0.25) is 5.02 Å². The van der Waals surface area contributed by atoms with E-state index in [0.717, 1.165) is 11.1 Å². The Morgan fingerprint density at radius 3 is 2.57 bits per heavy atom. The maximum atomic E-state index is 15.3. The molecule has 4 atom stereocenters. The van der Waals surface area contributed by atoms with Crippen LogP contribution >= 0.6 is 22.9 Å².